The third-order valence-electron chi connectivity index (χ3n) is 2.86. The topological polar surface area (TPSA) is 59.6 Å². The monoisotopic (exact) mass is 280 g/mol. The zero-order chi connectivity index (χ0) is 15.1. The Bertz CT molecular complexity index is 447. The van der Waals surface area contributed by atoms with Gasteiger partial charge in [0.25, 0.3) is 0 Å². The second kappa shape index (κ2) is 7.62. The standard InChI is InChI=1S/C15H24N2O3/c1-10(2)9-16-15(18)11(3)17-13-7-6-12(19-4)8-14(13)20-5/h6-8,10-11,17H,9H2,1-5H3,(H,16,18). The molecule has 1 atom stereocenters. The SMILES string of the molecule is COc1ccc(NC(C)C(=O)NCC(C)C)c(OC)c1. The fraction of sp³-hybridized carbons (Fsp3) is 0.533. The van der Waals surface area contributed by atoms with E-state index in [4.69, 9.17) is 9.47 Å². The summed E-state index contributed by atoms with van der Waals surface area (Å²) in [7, 11) is 3.19. The molecule has 0 spiro atoms. The number of benzene rings is 1. The Morgan fingerprint density at radius 1 is 1.20 bits per heavy atom. The van der Waals surface area contributed by atoms with Crippen LogP contribution in [-0.2, 0) is 4.79 Å². The van der Waals surface area contributed by atoms with E-state index in [0.717, 1.165) is 5.69 Å². The summed E-state index contributed by atoms with van der Waals surface area (Å²) in [5, 5.41) is 6.04. The highest BCUT2D eigenvalue weighted by Crippen LogP contribution is 2.29. The van der Waals surface area contributed by atoms with Gasteiger partial charge >= 0.3 is 0 Å². The molecular formula is C15H24N2O3. The van der Waals surface area contributed by atoms with Crippen LogP contribution in [0.5, 0.6) is 11.5 Å². The molecule has 1 unspecified atom stereocenters. The lowest BCUT2D eigenvalue weighted by molar-refractivity contribution is -0.121. The Labute approximate surface area is 120 Å². The first-order valence-corrected chi connectivity index (χ1v) is 6.74. The van der Waals surface area contributed by atoms with Gasteiger partial charge in [0.1, 0.15) is 17.5 Å². The molecule has 1 aromatic rings. The van der Waals surface area contributed by atoms with Crippen LogP contribution >= 0.6 is 0 Å². The first-order chi connectivity index (χ1) is 9.47. The number of amides is 1. The molecule has 0 aromatic heterocycles. The summed E-state index contributed by atoms with van der Waals surface area (Å²) in [5.74, 6) is 1.76. The lowest BCUT2D eigenvalue weighted by Gasteiger charge is -2.18. The Morgan fingerprint density at radius 3 is 2.45 bits per heavy atom. The van der Waals surface area contributed by atoms with Crippen molar-refractivity contribution in [3.63, 3.8) is 0 Å². The Kier molecular flexibility index (Phi) is 6.15. The quantitative estimate of drug-likeness (QED) is 0.804. The fourth-order valence-corrected chi connectivity index (χ4v) is 1.67. The van der Waals surface area contributed by atoms with Crippen molar-refractivity contribution >= 4 is 11.6 Å². The molecule has 0 aliphatic heterocycles. The van der Waals surface area contributed by atoms with Crippen LogP contribution in [0.1, 0.15) is 20.8 Å². The summed E-state index contributed by atoms with van der Waals surface area (Å²) in [4.78, 5) is 11.9. The van der Waals surface area contributed by atoms with Gasteiger partial charge in [-0.05, 0) is 25.0 Å². The van der Waals surface area contributed by atoms with Crippen LogP contribution in [0.2, 0.25) is 0 Å². The van der Waals surface area contributed by atoms with Crippen LogP contribution in [0.3, 0.4) is 0 Å². The zero-order valence-corrected chi connectivity index (χ0v) is 12.8. The maximum Gasteiger partial charge on any atom is 0.242 e. The number of nitrogens with one attached hydrogen (secondary N) is 2. The average Bonchev–Trinajstić information content (AvgIpc) is 2.44. The summed E-state index contributed by atoms with van der Waals surface area (Å²) in [6.45, 7) is 6.61. The van der Waals surface area contributed by atoms with E-state index < -0.39 is 0 Å². The minimum absolute atomic E-state index is 0.0310. The summed E-state index contributed by atoms with van der Waals surface area (Å²) < 4.78 is 10.4. The van der Waals surface area contributed by atoms with Crippen molar-refractivity contribution in [3.05, 3.63) is 18.2 Å². The van der Waals surface area contributed by atoms with E-state index in [-0.39, 0.29) is 11.9 Å². The molecule has 1 amide bonds. The van der Waals surface area contributed by atoms with Gasteiger partial charge in [-0.2, -0.15) is 0 Å². The van der Waals surface area contributed by atoms with Crippen molar-refractivity contribution in [1.29, 1.82) is 0 Å². The molecule has 2 N–H and O–H groups in total. The largest absolute Gasteiger partial charge is 0.497 e. The normalized spacial score (nSPS) is 11.9. The highest BCUT2D eigenvalue weighted by Gasteiger charge is 2.15. The molecule has 0 heterocycles. The number of carbonyl (C=O) groups is 1. The maximum atomic E-state index is 11.9. The van der Waals surface area contributed by atoms with E-state index in [0.29, 0.717) is 24.0 Å². The number of carbonyl (C=O) groups excluding carboxylic acids is 1. The van der Waals surface area contributed by atoms with E-state index in [1.807, 2.05) is 19.1 Å². The van der Waals surface area contributed by atoms with Crippen molar-refractivity contribution in [3.8, 4) is 11.5 Å². The summed E-state index contributed by atoms with van der Waals surface area (Å²) >= 11 is 0. The third kappa shape index (κ3) is 4.64. The number of rotatable bonds is 7. The van der Waals surface area contributed by atoms with Gasteiger partial charge in [0, 0.05) is 12.6 Å². The van der Waals surface area contributed by atoms with E-state index in [9.17, 15) is 4.79 Å². The summed E-state index contributed by atoms with van der Waals surface area (Å²) in [6.07, 6.45) is 0. The number of hydrogen-bond donors (Lipinski definition) is 2. The number of anilines is 1. The van der Waals surface area contributed by atoms with Crippen molar-refractivity contribution in [2.75, 3.05) is 26.1 Å². The van der Waals surface area contributed by atoms with Crippen molar-refractivity contribution in [2.45, 2.75) is 26.8 Å². The minimum atomic E-state index is -0.337. The van der Waals surface area contributed by atoms with Gasteiger partial charge < -0.3 is 20.1 Å². The molecule has 1 aromatic carbocycles. The van der Waals surface area contributed by atoms with E-state index in [1.165, 1.54) is 0 Å². The molecule has 20 heavy (non-hydrogen) atoms. The molecule has 0 saturated heterocycles. The molecule has 5 heteroatoms. The van der Waals surface area contributed by atoms with Gasteiger partial charge in [-0.15, -0.1) is 0 Å². The summed E-state index contributed by atoms with van der Waals surface area (Å²) in [6, 6.07) is 5.10. The molecular weight excluding hydrogens is 256 g/mol. The van der Waals surface area contributed by atoms with E-state index in [1.54, 1.807) is 20.3 Å². The van der Waals surface area contributed by atoms with Gasteiger partial charge in [-0.3, -0.25) is 4.79 Å². The molecule has 0 saturated carbocycles. The lowest BCUT2D eigenvalue weighted by Crippen LogP contribution is -2.39. The predicted octanol–water partition coefficient (Wildman–Crippen LogP) is 2.28. The average molecular weight is 280 g/mol. The van der Waals surface area contributed by atoms with Crippen molar-refractivity contribution in [1.82, 2.24) is 5.32 Å². The Hall–Kier alpha value is -1.91. The third-order valence-corrected chi connectivity index (χ3v) is 2.86. The predicted molar refractivity (Wildman–Crippen MR) is 80.5 cm³/mol. The van der Waals surface area contributed by atoms with Crippen molar-refractivity contribution < 1.29 is 14.3 Å². The van der Waals surface area contributed by atoms with Gasteiger partial charge in [-0.1, -0.05) is 13.8 Å². The smallest absolute Gasteiger partial charge is 0.242 e. The van der Waals surface area contributed by atoms with Crippen LogP contribution in [0, 0.1) is 5.92 Å². The van der Waals surface area contributed by atoms with Gasteiger partial charge in [0.2, 0.25) is 5.91 Å². The molecule has 0 aliphatic carbocycles. The van der Waals surface area contributed by atoms with Crippen LogP contribution in [-0.4, -0.2) is 32.7 Å². The second-order valence-electron chi connectivity index (χ2n) is 5.07. The van der Waals surface area contributed by atoms with Crippen LogP contribution < -0.4 is 20.1 Å². The minimum Gasteiger partial charge on any atom is -0.497 e. The highest BCUT2D eigenvalue weighted by atomic mass is 16.5. The second-order valence-corrected chi connectivity index (χ2v) is 5.07. The number of ether oxygens (including phenoxy) is 2. The number of methoxy groups -OCH3 is 2. The first kappa shape index (κ1) is 16.1. The Balaban J connectivity index is 2.69. The van der Waals surface area contributed by atoms with Crippen LogP contribution in [0.4, 0.5) is 5.69 Å². The van der Waals surface area contributed by atoms with Gasteiger partial charge in [0.05, 0.1) is 19.9 Å². The Morgan fingerprint density at radius 2 is 1.90 bits per heavy atom. The molecule has 5 nitrogen and oxygen atoms in total. The molecule has 0 bridgehead atoms. The molecule has 0 aliphatic rings. The summed E-state index contributed by atoms with van der Waals surface area (Å²) in [5.41, 5.74) is 0.764. The van der Waals surface area contributed by atoms with Crippen LogP contribution in [0.25, 0.3) is 0 Å². The maximum absolute atomic E-state index is 11.9. The highest BCUT2D eigenvalue weighted by molar-refractivity contribution is 5.84. The fourth-order valence-electron chi connectivity index (χ4n) is 1.67. The van der Waals surface area contributed by atoms with Gasteiger partial charge in [0.15, 0.2) is 0 Å². The van der Waals surface area contributed by atoms with Crippen LogP contribution in [0.15, 0.2) is 18.2 Å². The number of hydrogen-bond acceptors (Lipinski definition) is 4. The molecule has 0 radical (unpaired) electrons. The van der Waals surface area contributed by atoms with E-state index in [2.05, 4.69) is 24.5 Å². The van der Waals surface area contributed by atoms with Gasteiger partial charge in [-0.25, -0.2) is 0 Å². The van der Waals surface area contributed by atoms with E-state index >= 15 is 0 Å². The first-order valence-electron chi connectivity index (χ1n) is 6.74. The molecule has 0 fully saturated rings. The molecule has 112 valence electrons. The molecule has 1 rings (SSSR count). The lowest BCUT2D eigenvalue weighted by atomic mass is 10.2. The zero-order valence-electron chi connectivity index (χ0n) is 12.8. The van der Waals surface area contributed by atoms with Crippen molar-refractivity contribution in [2.24, 2.45) is 5.92 Å².